The van der Waals surface area contributed by atoms with Gasteiger partial charge in [0.05, 0.1) is 25.6 Å². The fourth-order valence-electron chi connectivity index (χ4n) is 3.30. The Bertz CT molecular complexity index is 838. The van der Waals surface area contributed by atoms with Gasteiger partial charge in [-0.1, -0.05) is 12.1 Å². The van der Waals surface area contributed by atoms with Crippen molar-refractivity contribution in [3.63, 3.8) is 0 Å². The molecule has 28 heavy (non-hydrogen) atoms. The van der Waals surface area contributed by atoms with Gasteiger partial charge in [-0.3, -0.25) is 9.59 Å². The standard InChI is InChI=1S/C21H25N3O4/c1-27-16-11-15(12-17(13-16)28-2)21(26)24-9-7-14(8-10-24)20(25)23-19-6-4-3-5-18(19)22/h3-6,11-14H,7-10,22H2,1-2H3,(H,23,25). The van der Waals surface area contributed by atoms with Gasteiger partial charge in [-0.25, -0.2) is 0 Å². The van der Waals surface area contributed by atoms with Crippen LogP contribution in [0.3, 0.4) is 0 Å². The number of para-hydroxylation sites is 2. The average molecular weight is 383 g/mol. The number of piperidine rings is 1. The van der Waals surface area contributed by atoms with Crippen LogP contribution >= 0.6 is 0 Å². The zero-order valence-corrected chi connectivity index (χ0v) is 16.1. The molecule has 0 spiro atoms. The number of nitrogens with one attached hydrogen (secondary N) is 1. The highest BCUT2D eigenvalue weighted by atomic mass is 16.5. The summed E-state index contributed by atoms with van der Waals surface area (Å²) in [6, 6.07) is 12.3. The number of nitrogens with two attached hydrogens (primary N) is 1. The van der Waals surface area contributed by atoms with Crippen molar-refractivity contribution in [3.05, 3.63) is 48.0 Å². The Morgan fingerprint density at radius 1 is 1.04 bits per heavy atom. The first-order chi connectivity index (χ1) is 13.5. The molecule has 2 amide bonds. The molecule has 2 aromatic rings. The van der Waals surface area contributed by atoms with E-state index in [9.17, 15) is 9.59 Å². The fraction of sp³-hybridized carbons (Fsp3) is 0.333. The molecule has 148 valence electrons. The first-order valence-corrected chi connectivity index (χ1v) is 9.19. The Morgan fingerprint density at radius 2 is 1.64 bits per heavy atom. The van der Waals surface area contributed by atoms with E-state index in [1.54, 1.807) is 49.5 Å². The summed E-state index contributed by atoms with van der Waals surface area (Å²) in [4.78, 5) is 27.1. The Kier molecular flexibility index (Phi) is 6.03. The lowest BCUT2D eigenvalue weighted by Crippen LogP contribution is -2.41. The number of amides is 2. The normalized spacial score (nSPS) is 14.4. The number of carbonyl (C=O) groups excluding carboxylic acids is 2. The third-order valence-corrected chi connectivity index (χ3v) is 4.97. The first-order valence-electron chi connectivity index (χ1n) is 9.19. The largest absolute Gasteiger partial charge is 0.497 e. The maximum Gasteiger partial charge on any atom is 0.254 e. The highest BCUT2D eigenvalue weighted by Crippen LogP contribution is 2.26. The van der Waals surface area contributed by atoms with Crippen LogP contribution in [0.4, 0.5) is 11.4 Å². The van der Waals surface area contributed by atoms with Crippen LogP contribution < -0.4 is 20.5 Å². The number of benzene rings is 2. The van der Waals surface area contributed by atoms with Crippen molar-refractivity contribution < 1.29 is 19.1 Å². The monoisotopic (exact) mass is 383 g/mol. The lowest BCUT2D eigenvalue weighted by molar-refractivity contribution is -0.121. The summed E-state index contributed by atoms with van der Waals surface area (Å²) in [5, 5.41) is 2.89. The molecule has 1 heterocycles. The van der Waals surface area contributed by atoms with Gasteiger partial charge in [-0.2, -0.15) is 0 Å². The molecule has 1 aliphatic heterocycles. The third-order valence-electron chi connectivity index (χ3n) is 4.97. The molecular weight excluding hydrogens is 358 g/mol. The maximum absolute atomic E-state index is 12.8. The van der Waals surface area contributed by atoms with Gasteiger partial charge in [0, 0.05) is 30.6 Å². The molecule has 0 aromatic heterocycles. The molecule has 1 aliphatic rings. The van der Waals surface area contributed by atoms with E-state index in [2.05, 4.69) is 5.32 Å². The molecule has 0 radical (unpaired) electrons. The molecule has 3 rings (SSSR count). The predicted octanol–water partition coefficient (Wildman–Crippen LogP) is 2.78. The fourth-order valence-corrected chi connectivity index (χ4v) is 3.30. The highest BCUT2D eigenvalue weighted by Gasteiger charge is 2.28. The summed E-state index contributed by atoms with van der Waals surface area (Å²) < 4.78 is 10.5. The van der Waals surface area contributed by atoms with Crippen LogP contribution in [-0.4, -0.2) is 44.0 Å². The molecule has 1 fully saturated rings. The van der Waals surface area contributed by atoms with Crippen molar-refractivity contribution in [3.8, 4) is 11.5 Å². The van der Waals surface area contributed by atoms with E-state index < -0.39 is 0 Å². The van der Waals surface area contributed by atoms with E-state index in [-0.39, 0.29) is 17.7 Å². The SMILES string of the molecule is COc1cc(OC)cc(C(=O)N2CCC(C(=O)Nc3ccccc3N)CC2)c1. The van der Waals surface area contributed by atoms with Crippen LogP contribution in [0.5, 0.6) is 11.5 Å². The van der Waals surface area contributed by atoms with Crippen LogP contribution in [0.2, 0.25) is 0 Å². The maximum atomic E-state index is 12.8. The zero-order valence-electron chi connectivity index (χ0n) is 16.1. The molecule has 1 saturated heterocycles. The Balaban J connectivity index is 1.61. The second kappa shape index (κ2) is 8.65. The van der Waals surface area contributed by atoms with Crippen molar-refractivity contribution in [2.75, 3.05) is 38.4 Å². The smallest absolute Gasteiger partial charge is 0.254 e. The number of nitrogens with zero attached hydrogens (tertiary/aromatic N) is 1. The van der Waals surface area contributed by atoms with Gasteiger partial charge in [0.1, 0.15) is 11.5 Å². The summed E-state index contributed by atoms with van der Waals surface area (Å²) in [5.74, 6) is 0.828. The van der Waals surface area contributed by atoms with E-state index in [4.69, 9.17) is 15.2 Å². The lowest BCUT2D eigenvalue weighted by Gasteiger charge is -2.31. The van der Waals surface area contributed by atoms with Gasteiger partial charge in [-0.15, -0.1) is 0 Å². The number of ether oxygens (including phenoxy) is 2. The van der Waals surface area contributed by atoms with Crippen molar-refractivity contribution in [2.45, 2.75) is 12.8 Å². The topological polar surface area (TPSA) is 93.9 Å². The van der Waals surface area contributed by atoms with Gasteiger partial charge in [0.15, 0.2) is 0 Å². The quantitative estimate of drug-likeness (QED) is 0.775. The van der Waals surface area contributed by atoms with E-state index in [1.165, 1.54) is 0 Å². The average Bonchev–Trinajstić information content (AvgIpc) is 2.74. The predicted molar refractivity (Wildman–Crippen MR) is 108 cm³/mol. The second-order valence-electron chi connectivity index (χ2n) is 6.74. The zero-order chi connectivity index (χ0) is 20.1. The minimum atomic E-state index is -0.150. The molecule has 0 saturated carbocycles. The molecule has 0 unspecified atom stereocenters. The van der Waals surface area contributed by atoms with Crippen molar-refractivity contribution in [2.24, 2.45) is 5.92 Å². The number of hydrogen-bond donors (Lipinski definition) is 2. The number of likely N-dealkylation sites (tertiary alicyclic amines) is 1. The van der Waals surface area contributed by atoms with Gasteiger partial charge < -0.3 is 25.4 Å². The molecule has 3 N–H and O–H groups in total. The van der Waals surface area contributed by atoms with E-state index >= 15 is 0 Å². The number of rotatable bonds is 5. The molecule has 7 heteroatoms. The minimum absolute atomic E-state index is 0.0620. The molecule has 0 aliphatic carbocycles. The molecule has 2 aromatic carbocycles. The number of nitrogen functional groups attached to an aromatic ring is 1. The van der Waals surface area contributed by atoms with Gasteiger partial charge >= 0.3 is 0 Å². The summed E-state index contributed by atoms with van der Waals surface area (Å²) >= 11 is 0. The summed E-state index contributed by atoms with van der Waals surface area (Å²) in [5.41, 5.74) is 7.55. The molecule has 0 atom stereocenters. The van der Waals surface area contributed by atoms with Crippen molar-refractivity contribution in [1.82, 2.24) is 4.90 Å². The van der Waals surface area contributed by atoms with Gasteiger partial charge in [0.2, 0.25) is 5.91 Å². The first kappa shape index (κ1) is 19.5. The number of anilines is 2. The van der Waals surface area contributed by atoms with Gasteiger partial charge in [-0.05, 0) is 37.1 Å². The Hall–Kier alpha value is -3.22. The number of carbonyl (C=O) groups is 2. The van der Waals surface area contributed by atoms with Crippen LogP contribution in [0, 0.1) is 5.92 Å². The second-order valence-corrected chi connectivity index (χ2v) is 6.74. The van der Waals surface area contributed by atoms with E-state index in [0.717, 1.165) is 0 Å². The Morgan fingerprint density at radius 3 is 2.21 bits per heavy atom. The number of hydrogen-bond acceptors (Lipinski definition) is 5. The summed E-state index contributed by atoms with van der Waals surface area (Å²) in [6.07, 6.45) is 1.21. The summed E-state index contributed by atoms with van der Waals surface area (Å²) in [7, 11) is 3.10. The molecular formula is C21H25N3O4. The summed E-state index contributed by atoms with van der Waals surface area (Å²) in [6.45, 7) is 1.03. The minimum Gasteiger partial charge on any atom is -0.497 e. The Labute approximate surface area is 164 Å². The van der Waals surface area contributed by atoms with Gasteiger partial charge in [0.25, 0.3) is 5.91 Å². The van der Waals surface area contributed by atoms with Crippen molar-refractivity contribution >= 4 is 23.2 Å². The van der Waals surface area contributed by atoms with Crippen LogP contribution in [0.15, 0.2) is 42.5 Å². The highest BCUT2D eigenvalue weighted by molar-refractivity contribution is 5.97. The molecule has 0 bridgehead atoms. The number of methoxy groups -OCH3 is 2. The van der Waals surface area contributed by atoms with E-state index in [1.807, 2.05) is 12.1 Å². The van der Waals surface area contributed by atoms with Crippen LogP contribution in [-0.2, 0) is 4.79 Å². The molecule has 7 nitrogen and oxygen atoms in total. The third kappa shape index (κ3) is 4.36. The van der Waals surface area contributed by atoms with Crippen LogP contribution in [0.25, 0.3) is 0 Å². The lowest BCUT2D eigenvalue weighted by atomic mass is 9.95. The van der Waals surface area contributed by atoms with Crippen molar-refractivity contribution in [1.29, 1.82) is 0 Å². The van der Waals surface area contributed by atoms with E-state index in [0.29, 0.717) is 54.4 Å². The van der Waals surface area contributed by atoms with Crippen LogP contribution in [0.1, 0.15) is 23.2 Å².